The predicted molar refractivity (Wildman–Crippen MR) is 98.8 cm³/mol. The molecule has 25 heavy (non-hydrogen) atoms. The lowest BCUT2D eigenvalue weighted by atomic mass is 10.00. The normalized spacial score (nSPS) is 19.3. The molecule has 2 aromatic rings. The van der Waals surface area contributed by atoms with E-state index in [0.717, 1.165) is 66.2 Å². The average molecular weight is 338 g/mol. The highest BCUT2D eigenvalue weighted by molar-refractivity contribution is 6.06. The van der Waals surface area contributed by atoms with Crippen LogP contribution in [0.15, 0.2) is 24.3 Å². The van der Waals surface area contributed by atoms with Crippen LogP contribution in [0.1, 0.15) is 66.1 Å². The van der Waals surface area contributed by atoms with E-state index in [9.17, 15) is 9.90 Å². The quantitative estimate of drug-likeness (QED) is 0.922. The third kappa shape index (κ3) is 3.28. The van der Waals surface area contributed by atoms with Crippen LogP contribution in [0.3, 0.4) is 0 Å². The molecule has 2 fully saturated rings. The predicted octanol–water partition coefficient (Wildman–Crippen LogP) is 3.80. The van der Waals surface area contributed by atoms with Gasteiger partial charge in [-0.1, -0.05) is 24.5 Å². The first-order valence-corrected chi connectivity index (χ1v) is 9.34. The Balaban J connectivity index is 1.70. The number of hydrogen-bond acceptors (Lipinski definition) is 3. The summed E-state index contributed by atoms with van der Waals surface area (Å²) < 4.78 is 0. The summed E-state index contributed by atoms with van der Waals surface area (Å²) in [5.41, 5.74) is 3.06. The standard InChI is InChI=1S/C21H26N2O2/c1-14-5-8-18-16(11-14)17(12-19(22-18)15-6-7-15)20(24)23(2)13-21(25)9-3-4-10-21/h5,8,11-12,15,25H,3-4,6-7,9-10,13H2,1-2H3. The number of aryl methyl sites for hydroxylation is 1. The van der Waals surface area contributed by atoms with Crippen LogP contribution in [0.2, 0.25) is 0 Å². The summed E-state index contributed by atoms with van der Waals surface area (Å²) >= 11 is 0. The van der Waals surface area contributed by atoms with E-state index in [-0.39, 0.29) is 5.91 Å². The molecule has 132 valence electrons. The number of pyridine rings is 1. The number of benzene rings is 1. The van der Waals surface area contributed by atoms with E-state index in [0.29, 0.717) is 12.5 Å². The fraction of sp³-hybridized carbons (Fsp3) is 0.524. The summed E-state index contributed by atoms with van der Waals surface area (Å²) in [6, 6.07) is 8.09. The van der Waals surface area contributed by atoms with Gasteiger partial charge in [-0.2, -0.15) is 0 Å². The lowest BCUT2D eigenvalue weighted by molar-refractivity contribution is 0.0157. The summed E-state index contributed by atoms with van der Waals surface area (Å²) in [6.45, 7) is 2.44. The van der Waals surface area contributed by atoms with Crippen molar-refractivity contribution in [2.45, 2.75) is 57.0 Å². The summed E-state index contributed by atoms with van der Waals surface area (Å²) in [4.78, 5) is 19.7. The van der Waals surface area contributed by atoms with Gasteiger partial charge in [0.1, 0.15) is 0 Å². The number of nitrogens with zero attached hydrogens (tertiary/aromatic N) is 2. The number of carbonyl (C=O) groups is 1. The van der Waals surface area contributed by atoms with Gasteiger partial charge in [-0.25, -0.2) is 0 Å². The Hall–Kier alpha value is -1.94. The molecule has 0 radical (unpaired) electrons. The summed E-state index contributed by atoms with van der Waals surface area (Å²) in [7, 11) is 1.80. The first-order chi connectivity index (χ1) is 12.0. The Bertz CT molecular complexity index is 820. The van der Waals surface area contributed by atoms with E-state index in [1.807, 2.05) is 31.2 Å². The number of likely N-dealkylation sites (N-methyl/N-ethyl adjacent to an activating group) is 1. The molecule has 0 spiro atoms. The van der Waals surface area contributed by atoms with Gasteiger partial charge in [0, 0.05) is 30.6 Å². The van der Waals surface area contributed by atoms with Crippen LogP contribution >= 0.6 is 0 Å². The molecule has 1 N–H and O–H groups in total. The summed E-state index contributed by atoms with van der Waals surface area (Å²) in [5.74, 6) is 0.488. The Morgan fingerprint density at radius 1 is 1.28 bits per heavy atom. The molecule has 0 unspecified atom stereocenters. The van der Waals surface area contributed by atoms with Crippen LogP contribution in [0.4, 0.5) is 0 Å². The number of hydrogen-bond donors (Lipinski definition) is 1. The van der Waals surface area contributed by atoms with Crippen molar-refractivity contribution in [1.82, 2.24) is 9.88 Å². The maximum atomic E-state index is 13.2. The highest BCUT2D eigenvalue weighted by Crippen LogP contribution is 2.40. The monoisotopic (exact) mass is 338 g/mol. The Kier molecular flexibility index (Phi) is 4.03. The molecule has 4 heteroatoms. The number of rotatable bonds is 4. The minimum atomic E-state index is -0.720. The average Bonchev–Trinajstić information content (AvgIpc) is 3.35. The van der Waals surface area contributed by atoms with Crippen molar-refractivity contribution in [3.05, 3.63) is 41.1 Å². The zero-order chi connectivity index (χ0) is 17.6. The van der Waals surface area contributed by atoms with Crippen LogP contribution in [0, 0.1) is 6.92 Å². The van der Waals surface area contributed by atoms with Gasteiger partial charge in [0.2, 0.25) is 0 Å². The van der Waals surface area contributed by atoms with E-state index in [1.165, 1.54) is 0 Å². The molecule has 4 rings (SSSR count). The van der Waals surface area contributed by atoms with Crippen molar-refractivity contribution in [3.8, 4) is 0 Å². The zero-order valence-electron chi connectivity index (χ0n) is 15.1. The minimum Gasteiger partial charge on any atom is -0.388 e. The van der Waals surface area contributed by atoms with Crippen molar-refractivity contribution in [2.24, 2.45) is 0 Å². The molecule has 1 heterocycles. The topological polar surface area (TPSA) is 53.4 Å². The van der Waals surface area contributed by atoms with E-state index in [2.05, 4.69) is 0 Å². The number of aromatic nitrogens is 1. The van der Waals surface area contributed by atoms with Crippen molar-refractivity contribution in [3.63, 3.8) is 0 Å². The molecule has 0 aliphatic heterocycles. The third-order valence-corrected chi connectivity index (χ3v) is 5.62. The molecule has 4 nitrogen and oxygen atoms in total. The third-order valence-electron chi connectivity index (χ3n) is 5.62. The van der Waals surface area contributed by atoms with Crippen molar-refractivity contribution in [1.29, 1.82) is 0 Å². The fourth-order valence-electron chi connectivity index (χ4n) is 4.04. The van der Waals surface area contributed by atoms with Crippen molar-refractivity contribution < 1.29 is 9.90 Å². The number of amides is 1. The van der Waals surface area contributed by atoms with Gasteiger partial charge < -0.3 is 10.0 Å². The molecule has 0 bridgehead atoms. The van der Waals surface area contributed by atoms with Crippen LogP contribution in [-0.4, -0.2) is 40.1 Å². The molecule has 0 atom stereocenters. The number of carbonyl (C=O) groups excluding carboxylic acids is 1. The van der Waals surface area contributed by atoms with E-state index >= 15 is 0 Å². The smallest absolute Gasteiger partial charge is 0.254 e. The number of fused-ring (bicyclic) bond motifs is 1. The molecule has 2 aliphatic carbocycles. The Labute approximate surface area is 148 Å². The van der Waals surface area contributed by atoms with E-state index in [1.54, 1.807) is 11.9 Å². The second-order valence-electron chi connectivity index (χ2n) is 7.98. The van der Waals surface area contributed by atoms with Crippen LogP contribution < -0.4 is 0 Å². The van der Waals surface area contributed by atoms with Gasteiger partial charge in [0.25, 0.3) is 5.91 Å². The molecule has 1 amide bonds. The largest absolute Gasteiger partial charge is 0.388 e. The molecule has 0 saturated heterocycles. The Morgan fingerprint density at radius 3 is 2.68 bits per heavy atom. The molecule has 2 saturated carbocycles. The van der Waals surface area contributed by atoms with Crippen LogP contribution in [0.25, 0.3) is 10.9 Å². The first kappa shape index (κ1) is 16.5. The van der Waals surface area contributed by atoms with E-state index in [4.69, 9.17) is 4.98 Å². The van der Waals surface area contributed by atoms with Crippen LogP contribution in [0.5, 0.6) is 0 Å². The van der Waals surface area contributed by atoms with Gasteiger partial charge in [-0.05, 0) is 50.8 Å². The van der Waals surface area contributed by atoms with Gasteiger partial charge in [-0.3, -0.25) is 9.78 Å². The molecule has 1 aromatic carbocycles. The van der Waals surface area contributed by atoms with Gasteiger partial charge in [-0.15, -0.1) is 0 Å². The van der Waals surface area contributed by atoms with E-state index < -0.39 is 5.60 Å². The second-order valence-corrected chi connectivity index (χ2v) is 7.98. The molecule has 2 aliphatic rings. The Morgan fingerprint density at radius 2 is 2.00 bits per heavy atom. The lowest BCUT2D eigenvalue weighted by Gasteiger charge is -2.29. The zero-order valence-corrected chi connectivity index (χ0v) is 15.1. The number of aliphatic hydroxyl groups is 1. The highest BCUT2D eigenvalue weighted by atomic mass is 16.3. The lowest BCUT2D eigenvalue weighted by Crippen LogP contribution is -2.42. The molecular weight excluding hydrogens is 312 g/mol. The fourth-order valence-corrected chi connectivity index (χ4v) is 4.04. The van der Waals surface area contributed by atoms with Crippen molar-refractivity contribution in [2.75, 3.05) is 13.6 Å². The maximum Gasteiger partial charge on any atom is 0.254 e. The van der Waals surface area contributed by atoms with Gasteiger partial charge in [0.05, 0.1) is 16.7 Å². The summed E-state index contributed by atoms with van der Waals surface area (Å²) in [6.07, 6.45) is 5.98. The highest BCUT2D eigenvalue weighted by Gasteiger charge is 2.34. The second kappa shape index (κ2) is 6.10. The summed E-state index contributed by atoms with van der Waals surface area (Å²) in [5, 5.41) is 11.6. The van der Waals surface area contributed by atoms with Gasteiger partial charge in [0.15, 0.2) is 0 Å². The molecule has 1 aromatic heterocycles. The van der Waals surface area contributed by atoms with Gasteiger partial charge >= 0.3 is 0 Å². The molecular formula is C21H26N2O2. The first-order valence-electron chi connectivity index (χ1n) is 9.34. The minimum absolute atomic E-state index is 0.0137. The SMILES string of the molecule is Cc1ccc2nc(C3CC3)cc(C(=O)N(C)CC3(O)CCCC3)c2c1. The maximum absolute atomic E-state index is 13.2. The van der Waals surface area contributed by atoms with Crippen molar-refractivity contribution >= 4 is 16.8 Å². The van der Waals surface area contributed by atoms with Crippen LogP contribution in [-0.2, 0) is 0 Å².